The maximum atomic E-state index is 5.60. The van der Waals surface area contributed by atoms with Gasteiger partial charge < -0.3 is 16.0 Å². The van der Waals surface area contributed by atoms with Gasteiger partial charge in [-0.2, -0.15) is 0 Å². The molecule has 1 aliphatic heterocycles. The van der Waals surface area contributed by atoms with Gasteiger partial charge in [-0.15, -0.1) is 0 Å². The van der Waals surface area contributed by atoms with Crippen LogP contribution in [0.4, 0.5) is 0 Å². The van der Waals surface area contributed by atoms with E-state index in [1.54, 1.807) is 0 Å². The minimum absolute atomic E-state index is 0.715. The molecule has 56 valence electrons. The quantitative estimate of drug-likeness (QED) is 0.557. The van der Waals surface area contributed by atoms with E-state index >= 15 is 0 Å². The SMILES string of the molecule is C=C1NC(N)=C(C)N1CC. The Labute approximate surface area is 61.2 Å². The summed E-state index contributed by atoms with van der Waals surface area (Å²) in [5, 5.41) is 2.96. The van der Waals surface area contributed by atoms with Crippen LogP contribution in [-0.2, 0) is 0 Å². The van der Waals surface area contributed by atoms with Crippen LogP contribution in [0.15, 0.2) is 23.9 Å². The van der Waals surface area contributed by atoms with Gasteiger partial charge >= 0.3 is 0 Å². The summed E-state index contributed by atoms with van der Waals surface area (Å²) < 4.78 is 0. The largest absolute Gasteiger partial charge is 0.384 e. The summed E-state index contributed by atoms with van der Waals surface area (Å²) >= 11 is 0. The Morgan fingerprint density at radius 2 is 2.30 bits per heavy atom. The highest BCUT2D eigenvalue weighted by Gasteiger charge is 2.17. The first kappa shape index (κ1) is 6.99. The van der Waals surface area contributed by atoms with Gasteiger partial charge in [0.2, 0.25) is 0 Å². The second-order valence-electron chi connectivity index (χ2n) is 2.32. The third kappa shape index (κ3) is 0.835. The fraction of sp³-hybridized carbons (Fsp3) is 0.429. The molecule has 3 nitrogen and oxygen atoms in total. The minimum Gasteiger partial charge on any atom is -0.384 e. The first-order valence-corrected chi connectivity index (χ1v) is 3.36. The van der Waals surface area contributed by atoms with Crippen molar-refractivity contribution in [1.82, 2.24) is 10.2 Å². The predicted octanol–water partition coefficient (Wildman–Crippen LogP) is 0.530. The molecule has 10 heavy (non-hydrogen) atoms. The van der Waals surface area contributed by atoms with Crippen LogP contribution < -0.4 is 11.1 Å². The Balaban J connectivity index is 2.82. The fourth-order valence-electron chi connectivity index (χ4n) is 1.09. The molecule has 0 saturated heterocycles. The summed E-state index contributed by atoms with van der Waals surface area (Å²) in [7, 11) is 0. The molecule has 1 rings (SSSR count). The van der Waals surface area contributed by atoms with Crippen molar-refractivity contribution in [2.24, 2.45) is 5.73 Å². The second-order valence-corrected chi connectivity index (χ2v) is 2.32. The smallest absolute Gasteiger partial charge is 0.121 e. The highest BCUT2D eigenvalue weighted by Crippen LogP contribution is 2.16. The topological polar surface area (TPSA) is 41.3 Å². The normalized spacial score (nSPS) is 18.2. The molecule has 3 N–H and O–H groups in total. The van der Waals surface area contributed by atoms with Crippen LogP contribution in [0.25, 0.3) is 0 Å². The standard InChI is InChI=1S/C7H13N3/c1-4-10-5(2)7(8)9-6(10)3/h9H,3-4,8H2,1-2H3. The van der Waals surface area contributed by atoms with Gasteiger partial charge in [0, 0.05) is 6.54 Å². The Morgan fingerprint density at radius 1 is 1.70 bits per heavy atom. The van der Waals surface area contributed by atoms with Crippen LogP contribution in [0, 0.1) is 0 Å². The fourth-order valence-corrected chi connectivity index (χ4v) is 1.09. The van der Waals surface area contributed by atoms with Crippen molar-refractivity contribution in [3.63, 3.8) is 0 Å². The van der Waals surface area contributed by atoms with E-state index in [2.05, 4.69) is 18.8 Å². The molecule has 0 saturated carbocycles. The van der Waals surface area contributed by atoms with Crippen molar-refractivity contribution >= 4 is 0 Å². The highest BCUT2D eigenvalue weighted by molar-refractivity contribution is 5.22. The number of nitrogens with two attached hydrogens (primary N) is 1. The van der Waals surface area contributed by atoms with Gasteiger partial charge in [0.1, 0.15) is 11.6 Å². The van der Waals surface area contributed by atoms with Crippen molar-refractivity contribution in [3.8, 4) is 0 Å². The monoisotopic (exact) mass is 139 g/mol. The molecule has 0 bridgehead atoms. The molecule has 0 amide bonds. The lowest BCUT2D eigenvalue weighted by Crippen LogP contribution is -2.19. The molecule has 0 fully saturated rings. The van der Waals surface area contributed by atoms with Crippen LogP contribution in [0.1, 0.15) is 13.8 Å². The maximum absolute atomic E-state index is 5.60. The molecule has 0 aromatic heterocycles. The van der Waals surface area contributed by atoms with Crippen molar-refractivity contribution < 1.29 is 0 Å². The summed E-state index contributed by atoms with van der Waals surface area (Å²) in [4.78, 5) is 2.04. The predicted molar refractivity (Wildman–Crippen MR) is 41.5 cm³/mol. The Hall–Kier alpha value is -1.12. The number of nitrogens with one attached hydrogen (secondary N) is 1. The van der Waals surface area contributed by atoms with Crippen molar-refractivity contribution in [2.45, 2.75) is 13.8 Å². The molecular formula is C7H13N3. The third-order valence-corrected chi connectivity index (χ3v) is 1.72. The maximum Gasteiger partial charge on any atom is 0.121 e. The average Bonchev–Trinajstić information content (AvgIpc) is 2.09. The lowest BCUT2D eigenvalue weighted by molar-refractivity contribution is 0.461. The lowest BCUT2D eigenvalue weighted by atomic mass is 10.4. The number of allylic oxidation sites excluding steroid dienone is 1. The van der Waals surface area contributed by atoms with E-state index in [1.807, 2.05) is 11.8 Å². The average molecular weight is 139 g/mol. The molecule has 0 aromatic rings. The Morgan fingerprint density at radius 3 is 2.50 bits per heavy atom. The lowest BCUT2D eigenvalue weighted by Gasteiger charge is -2.16. The van der Waals surface area contributed by atoms with Crippen molar-refractivity contribution in [2.75, 3.05) is 6.54 Å². The van der Waals surface area contributed by atoms with E-state index in [4.69, 9.17) is 5.73 Å². The first-order chi connectivity index (χ1) is 4.66. The Kier molecular flexibility index (Phi) is 1.57. The van der Waals surface area contributed by atoms with Gasteiger partial charge in [-0.05, 0) is 13.8 Å². The van der Waals surface area contributed by atoms with Gasteiger partial charge in [-0.25, -0.2) is 0 Å². The molecule has 1 heterocycles. The van der Waals surface area contributed by atoms with Crippen molar-refractivity contribution in [3.05, 3.63) is 23.9 Å². The summed E-state index contributed by atoms with van der Waals surface area (Å²) in [6, 6.07) is 0. The van der Waals surface area contributed by atoms with Crippen LogP contribution in [0.2, 0.25) is 0 Å². The van der Waals surface area contributed by atoms with Gasteiger partial charge in [0.25, 0.3) is 0 Å². The molecular weight excluding hydrogens is 126 g/mol. The second kappa shape index (κ2) is 2.25. The molecule has 1 aliphatic rings. The number of hydrogen-bond acceptors (Lipinski definition) is 3. The van der Waals surface area contributed by atoms with Gasteiger partial charge in [-0.3, -0.25) is 0 Å². The number of hydrogen-bond donors (Lipinski definition) is 2. The van der Waals surface area contributed by atoms with E-state index < -0.39 is 0 Å². The van der Waals surface area contributed by atoms with E-state index in [1.165, 1.54) is 0 Å². The third-order valence-electron chi connectivity index (χ3n) is 1.72. The zero-order valence-electron chi connectivity index (χ0n) is 6.44. The summed E-state index contributed by atoms with van der Waals surface area (Å²) in [6.07, 6.45) is 0. The Bertz CT molecular complexity index is 193. The molecule has 0 atom stereocenters. The number of rotatable bonds is 1. The molecule has 0 unspecified atom stereocenters. The summed E-state index contributed by atoms with van der Waals surface area (Å²) in [5.41, 5.74) is 6.66. The molecule has 0 aliphatic carbocycles. The summed E-state index contributed by atoms with van der Waals surface area (Å²) in [5.74, 6) is 1.59. The molecule has 0 radical (unpaired) electrons. The van der Waals surface area contributed by atoms with E-state index in [-0.39, 0.29) is 0 Å². The van der Waals surface area contributed by atoms with E-state index in [9.17, 15) is 0 Å². The van der Waals surface area contributed by atoms with Crippen LogP contribution >= 0.6 is 0 Å². The van der Waals surface area contributed by atoms with Crippen LogP contribution in [-0.4, -0.2) is 11.4 Å². The molecule has 3 heteroatoms. The zero-order valence-corrected chi connectivity index (χ0v) is 6.44. The minimum atomic E-state index is 0.715. The number of nitrogens with zero attached hydrogens (tertiary/aromatic N) is 1. The van der Waals surface area contributed by atoms with E-state index in [0.29, 0.717) is 5.82 Å². The van der Waals surface area contributed by atoms with Gasteiger partial charge in [0.15, 0.2) is 0 Å². The van der Waals surface area contributed by atoms with E-state index in [0.717, 1.165) is 18.1 Å². The zero-order chi connectivity index (χ0) is 7.72. The van der Waals surface area contributed by atoms with Crippen molar-refractivity contribution in [1.29, 1.82) is 0 Å². The van der Waals surface area contributed by atoms with Crippen LogP contribution in [0.5, 0.6) is 0 Å². The van der Waals surface area contributed by atoms with Gasteiger partial charge in [0.05, 0.1) is 5.70 Å². The first-order valence-electron chi connectivity index (χ1n) is 3.36. The highest BCUT2D eigenvalue weighted by atomic mass is 15.3. The summed E-state index contributed by atoms with van der Waals surface area (Å²) in [6.45, 7) is 8.76. The van der Waals surface area contributed by atoms with Crippen LogP contribution in [0.3, 0.4) is 0 Å². The molecule has 0 aromatic carbocycles. The molecule has 0 spiro atoms. The van der Waals surface area contributed by atoms with Gasteiger partial charge in [-0.1, -0.05) is 6.58 Å².